The molecule has 0 aliphatic carbocycles. The molecule has 0 saturated carbocycles. The highest BCUT2D eigenvalue weighted by molar-refractivity contribution is 6.30. The maximum atomic E-state index is 14.1. The van der Waals surface area contributed by atoms with Crippen LogP contribution >= 0.6 is 11.6 Å². The summed E-state index contributed by atoms with van der Waals surface area (Å²) in [7, 11) is 0. The SMILES string of the molecule is CCn1c(-c2c(F)cc(F)cc2F)c(C(C)O)cc(Cl)c1=O. The zero-order valence-electron chi connectivity index (χ0n) is 11.8. The van der Waals surface area contributed by atoms with Crippen LogP contribution in [0.15, 0.2) is 23.0 Å². The van der Waals surface area contributed by atoms with E-state index in [2.05, 4.69) is 0 Å². The van der Waals surface area contributed by atoms with Crippen molar-refractivity contribution in [1.82, 2.24) is 4.57 Å². The van der Waals surface area contributed by atoms with Gasteiger partial charge in [0.2, 0.25) is 0 Å². The van der Waals surface area contributed by atoms with Gasteiger partial charge in [0.25, 0.3) is 5.56 Å². The predicted molar refractivity (Wildman–Crippen MR) is 77.3 cm³/mol. The predicted octanol–water partition coefficient (Wildman–Crippen LogP) is 3.66. The smallest absolute Gasteiger partial charge is 0.269 e. The van der Waals surface area contributed by atoms with Gasteiger partial charge in [-0.25, -0.2) is 13.2 Å². The summed E-state index contributed by atoms with van der Waals surface area (Å²) in [5.74, 6) is -3.40. The highest BCUT2D eigenvalue weighted by atomic mass is 35.5. The van der Waals surface area contributed by atoms with E-state index in [1.54, 1.807) is 6.92 Å². The summed E-state index contributed by atoms with van der Waals surface area (Å²) < 4.78 is 42.3. The van der Waals surface area contributed by atoms with Gasteiger partial charge in [-0.05, 0) is 19.9 Å². The first-order chi connectivity index (χ1) is 10.3. The molecule has 0 amide bonds. The fourth-order valence-electron chi connectivity index (χ4n) is 2.32. The molecule has 22 heavy (non-hydrogen) atoms. The number of hydrogen-bond acceptors (Lipinski definition) is 2. The number of pyridine rings is 1. The second-order valence-corrected chi connectivity index (χ2v) is 5.17. The molecule has 0 aliphatic rings. The Hall–Kier alpha value is -1.79. The Morgan fingerprint density at radius 3 is 2.23 bits per heavy atom. The minimum absolute atomic E-state index is 0.0741. The van der Waals surface area contributed by atoms with Crippen LogP contribution in [-0.2, 0) is 6.54 Å². The number of aliphatic hydroxyl groups excluding tert-OH is 1. The Kier molecular flexibility index (Phi) is 4.63. The van der Waals surface area contributed by atoms with Crippen molar-refractivity contribution in [2.45, 2.75) is 26.5 Å². The van der Waals surface area contributed by atoms with E-state index in [1.807, 2.05) is 0 Å². The van der Waals surface area contributed by atoms with Crippen molar-refractivity contribution < 1.29 is 18.3 Å². The van der Waals surface area contributed by atoms with E-state index in [-0.39, 0.29) is 22.8 Å². The Balaban J connectivity index is 2.97. The van der Waals surface area contributed by atoms with E-state index in [0.717, 1.165) is 10.6 Å². The van der Waals surface area contributed by atoms with Crippen LogP contribution in [0.1, 0.15) is 25.5 Å². The van der Waals surface area contributed by atoms with E-state index in [4.69, 9.17) is 11.6 Å². The summed E-state index contributed by atoms with van der Waals surface area (Å²) in [6.07, 6.45) is -1.13. The molecule has 0 fully saturated rings. The van der Waals surface area contributed by atoms with E-state index >= 15 is 0 Å². The van der Waals surface area contributed by atoms with Crippen molar-refractivity contribution in [3.8, 4) is 11.3 Å². The highest BCUT2D eigenvalue weighted by Gasteiger charge is 2.23. The minimum Gasteiger partial charge on any atom is -0.389 e. The third-order valence-electron chi connectivity index (χ3n) is 3.29. The molecule has 1 heterocycles. The van der Waals surface area contributed by atoms with E-state index in [1.165, 1.54) is 6.92 Å². The number of nitrogens with zero attached hydrogens (tertiary/aromatic N) is 1. The molecule has 0 spiro atoms. The lowest BCUT2D eigenvalue weighted by atomic mass is 10.0. The zero-order chi connectivity index (χ0) is 16.6. The second kappa shape index (κ2) is 6.14. The van der Waals surface area contributed by atoms with Crippen LogP contribution in [0.3, 0.4) is 0 Å². The van der Waals surface area contributed by atoms with Crippen LogP contribution in [-0.4, -0.2) is 9.67 Å². The molecule has 0 saturated heterocycles. The molecule has 1 unspecified atom stereocenters. The first-order valence-electron chi connectivity index (χ1n) is 6.54. The lowest BCUT2D eigenvalue weighted by Gasteiger charge is -2.19. The van der Waals surface area contributed by atoms with Gasteiger partial charge >= 0.3 is 0 Å². The number of hydrogen-bond donors (Lipinski definition) is 1. The van der Waals surface area contributed by atoms with Crippen LogP contribution in [0.4, 0.5) is 13.2 Å². The summed E-state index contributed by atoms with van der Waals surface area (Å²) in [4.78, 5) is 12.1. The van der Waals surface area contributed by atoms with Gasteiger partial charge in [-0.3, -0.25) is 4.79 Å². The zero-order valence-corrected chi connectivity index (χ0v) is 12.6. The maximum absolute atomic E-state index is 14.1. The van der Waals surface area contributed by atoms with Gasteiger partial charge in [0, 0.05) is 24.2 Å². The number of aromatic nitrogens is 1. The minimum atomic E-state index is -1.16. The molecule has 0 radical (unpaired) electrons. The van der Waals surface area contributed by atoms with E-state index in [0.29, 0.717) is 12.1 Å². The van der Waals surface area contributed by atoms with Crippen molar-refractivity contribution in [3.05, 3.63) is 56.6 Å². The monoisotopic (exact) mass is 331 g/mol. The number of rotatable bonds is 3. The quantitative estimate of drug-likeness (QED) is 0.932. The fourth-order valence-corrected chi connectivity index (χ4v) is 2.54. The van der Waals surface area contributed by atoms with Crippen LogP contribution in [0.2, 0.25) is 5.02 Å². The number of benzene rings is 1. The fraction of sp³-hybridized carbons (Fsp3) is 0.267. The Bertz CT molecular complexity index is 764. The summed E-state index contributed by atoms with van der Waals surface area (Å²) in [6, 6.07) is 2.20. The van der Waals surface area contributed by atoms with Gasteiger partial charge in [-0.1, -0.05) is 11.6 Å². The summed E-state index contributed by atoms with van der Waals surface area (Å²) in [6.45, 7) is 3.04. The van der Waals surface area contributed by atoms with Crippen molar-refractivity contribution in [3.63, 3.8) is 0 Å². The molecular formula is C15H13ClF3NO2. The van der Waals surface area contributed by atoms with Crippen LogP contribution < -0.4 is 5.56 Å². The summed E-state index contributed by atoms with van der Waals surface area (Å²) in [5, 5.41) is 9.67. The summed E-state index contributed by atoms with van der Waals surface area (Å²) >= 11 is 5.81. The highest BCUT2D eigenvalue weighted by Crippen LogP contribution is 2.33. The molecule has 1 atom stereocenters. The standard InChI is InChI=1S/C15H13ClF3NO2/c1-3-20-14(9(7(2)21)6-10(16)15(20)22)13-11(18)4-8(17)5-12(13)19/h4-7,21H,3H2,1-2H3. The Morgan fingerprint density at radius 1 is 1.23 bits per heavy atom. The lowest BCUT2D eigenvalue weighted by molar-refractivity contribution is 0.199. The molecule has 1 N–H and O–H groups in total. The maximum Gasteiger partial charge on any atom is 0.269 e. The molecule has 7 heteroatoms. The number of halogens is 4. The molecule has 118 valence electrons. The number of aliphatic hydroxyl groups is 1. The first-order valence-corrected chi connectivity index (χ1v) is 6.91. The topological polar surface area (TPSA) is 42.2 Å². The lowest BCUT2D eigenvalue weighted by Crippen LogP contribution is -2.24. The van der Waals surface area contributed by atoms with Gasteiger partial charge in [0.1, 0.15) is 22.5 Å². The third kappa shape index (κ3) is 2.76. The molecule has 3 nitrogen and oxygen atoms in total. The van der Waals surface area contributed by atoms with Gasteiger partial charge < -0.3 is 9.67 Å². The molecule has 0 aliphatic heterocycles. The van der Waals surface area contributed by atoms with E-state index < -0.39 is 34.7 Å². The van der Waals surface area contributed by atoms with Gasteiger partial charge in [-0.15, -0.1) is 0 Å². The van der Waals surface area contributed by atoms with Crippen LogP contribution in [0.5, 0.6) is 0 Å². The largest absolute Gasteiger partial charge is 0.389 e. The molecule has 1 aromatic carbocycles. The average molecular weight is 332 g/mol. The third-order valence-corrected chi connectivity index (χ3v) is 3.56. The molecule has 2 aromatic rings. The van der Waals surface area contributed by atoms with Crippen molar-refractivity contribution >= 4 is 11.6 Å². The average Bonchev–Trinajstić information content (AvgIpc) is 2.41. The second-order valence-electron chi connectivity index (χ2n) is 4.77. The van der Waals surface area contributed by atoms with Crippen molar-refractivity contribution in [2.75, 3.05) is 0 Å². The molecule has 0 bridgehead atoms. The van der Waals surface area contributed by atoms with Gasteiger partial charge in [0.05, 0.1) is 17.4 Å². The van der Waals surface area contributed by atoms with Crippen molar-refractivity contribution in [2.24, 2.45) is 0 Å². The van der Waals surface area contributed by atoms with Gasteiger partial charge in [0.15, 0.2) is 0 Å². The molecule has 1 aromatic heterocycles. The van der Waals surface area contributed by atoms with Crippen LogP contribution in [0, 0.1) is 17.5 Å². The molecular weight excluding hydrogens is 319 g/mol. The molecule has 2 rings (SSSR count). The van der Waals surface area contributed by atoms with Crippen molar-refractivity contribution in [1.29, 1.82) is 0 Å². The normalized spacial score (nSPS) is 12.5. The Labute approximate surface area is 129 Å². The van der Waals surface area contributed by atoms with E-state index in [9.17, 15) is 23.1 Å². The summed E-state index contributed by atoms with van der Waals surface area (Å²) in [5.41, 5.74) is -1.29. The van der Waals surface area contributed by atoms with Gasteiger partial charge in [-0.2, -0.15) is 0 Å². The van der Waals surface area contributed by atoms with Crippen LogP contribution in [0.25, 0.3) is 11.3 Å². The first kappa shape index (κ1) is 16.6. The Morgan fingerprint density at radius 2 is 1.77 bits per heavy atom.